The Morgan fingerprint density at radius 3 is 2.62 bits per heavy atom. The van der Waals surface area contributed by atoms with E-state index in [0.29, 0.717) is 18.0 Å². The maximum absolute atomic E-state index is 12.7. The van der Waals surface area contributed by atoms with Gasteiger partial charge in [0.25, 0.3) is 5.91 Å². The zero-order valence-electron chi connectivity index (χ0n) is 14.1. The smallest absolute Gasteiger partial charge is 0.335 e. The van der Waals surface area contributed by atoms with Crippen molar-refractivity contribution in [2.75, 3.05) is 12.0 Å². The third kappa shape index (κ3) is 3.61. The Balaban J connectivity index is 1.81. The Morgan fingerprint density at radius 1 is 1.12 bits per heavy atom. The zero-order chi connectivity index (χ0) is 18.5. The third-order valence-electron chi connectivity index (χ3n) is 3.88. The molecule has 1 aliphatic heterocycles. The first-order valence-electron chi connectivity index (χ1n) is 7.97. The number of carbonyl (C=O) groups is 3. The highest BCUT2D eigenvalue weighted by Crippen LogP contribution is 2.24. The summed E-state index contributed by atoms with van der Waals surface area (Å²) in [5.41, 5.74) is 1.27. The van der Waals surface area contributed by atoms with E-state index in [1.54, 1.807) is 24.3 Å². The van der Waals surface area contributed by atoms with Gasteiger partial charge in [-0.15, -0.1) is 0 Å². The van der Waals surface area contributed by atoms with Crippen LogP contribution in [0.3, 0.4) is 0 Å². The molecule has 0 bridgehead atoms. The van der Waals surface area contributed by atoms with E-state index in [2.05, 4.69) is 10.3 Å². The van der Waals surface area contributed by atoms with Gasteiger partial charge in [-0.05, 0) is 17.7 Å². The standard InChI is InChI=1S/C19H17N3O4/c1-26-15-9-5-8-14(10-15)22-18(24)16(17(23)21-19(22)25)12-20-11-13-6-3-2-4-7-13/h2-10,12,16H,11H2,1H3,(H,21,23,25)/t16-/m0/s1. The van der Waals surface area contributed by atoms with Gasteiger partial charge >= 0.3 is 6.03 Å². The summed E-state index contributed by atoms with van der Waals surface area (Å²) >= 11 is 0. The molecule has 2 aromatic rings. The van der Waals surface area contributed by atoms with Crippen molar-refractivity contribution in [3.05, 3.63) is 60.2 Å². The molecule has 3 rings (SSSR count). The van der Waals surface area contributed by atoms with Crippen LogP contribution in [0.1, 0.15) is 5.56 Å². The van der Waals surface area contributed by atoms with Gasteiger partial charge in [-0.25, -0.2) is 9.69 Å². The quantitative estimate of drug-likeness (QED) is 0.660. The van der Waals surface area contributed by atoms with Gasteiger partial charge in [0.2, 0.25) is 5.91 Å². The minimum absolute atomic E-state index is 0.320. The van der Waals surface area contributed by atoms with Crippen LogP contribution in [0.25, 0.3) is 0 Å². The van der Waals surface area contributed by atoms with Crippen LogP contribution in [-0.4, -0.2) is 31.2 Å². The number of nitrogens with one attached hydrogen (secondary N) is 1. The largest absolute Gasteiger partial charge is 0.497 e. The predicted molar refractivity (Wildman–Crippen MR) is 96.1 cm³/mol. The second-order valence-corrected chi connectivity index (χ2v) is 5.62. The summed E-state index contributed by atoms with van der Waals surface area (Å²) in [6, 6.07) is 15.1. The SMILES string of the molecule is COc1cccc(N2C(=O)NC(=O)[C@H](C=NCc3ccccc3)C2=O)c1. The summed E-state index contributed by atoms with van der Waals surface area (Å²) in [5, 5.41) is 2.19. The first-order chi connectivity index (χ1) is 12.6. The summed E-state index contributed by atoms with van der Waals surface area (Å²) < 4.78 is 5.12. The molecule has 1 N–H and O–H groups in total. The van der Waals surface area contributed by atoms with Gasteiger partial charge in [0.15, 0.2) is 5.92 Å². The number of aliphatic imine (C=N–C) groups is 1. The van der Waals surface area contributed by atoms with E-state index in [4.69, 9.17) is 4.74 Å². The molecule has 26 heavy (non-hydrogen) atoms. The van der Waals surface area contributed by atoms with Crippen molar-refractivity contribution in [3.8, 4) is 5.75 Å². The highest BCUT2D eigenvalue weighted by Gasteiger charge is 2.40. The summed E-state index contributed by atoms with van der Waals surface area (Å²) in [6.07, 6.45) is 1.28. The molecule has 0 aliphatic carbocycles. The topological polar surface area (TPSA) is 88.1 Å². The molecule has 1 saturated heterocycles. The maximum Gasteiger partial charge on any atom is 0.335 e. The first kappa shape index (κ1) is 17.3. The molecule has 1 fully saturated rings. The molecular weight excluding hydrogens is 334 g/mol. The van der Waals surface area contributed by atoms with E-state index in [1.165, 1.54) is 13.3 Å². The zero-order valence-corrected chi connectivity index (χ0v) is 14.1. The highest BCUT2D eigenvalue weighted by atomic mass is 16.5. The Bertz CT molecular complexity index is 864. The molecule has 2 aromatic carbocycles. The lowest BCUT2D eigenvalue weighted by Gasteiger charge is -2.28. The molecule has 0 radical (unpaired) electrons. The number of rotatable bonds is 5. The number of anilines is 1. The van der Waals surface area contributed by atoms with E-state index in [9.17, 15) is 14.4 Å². The number of barbiturate groups is 1. The number of ether oxygens (including phenoxy) is 1. The van der Waals surface area contributed by atoms with Crippen molar-refractivity contribution >= 4 is 29.7 Å². The minimum atomic E-state index is -1.16. The molecule has 1 atom stereocenters. The fourth-order valence-electron chi connectivity index (χ4n) is 2.56. The van der Waals surface area contributed by atoms with Crippen LogP contribution in [0.5, 0.6) is 5.75 Å². The lowest BCUT2D eigenvalue weighted by Crippen LogP contribution is -2.58. The van der Waals surface area contributed by atoms with Crippen molar-refractivity contribution in [2.24, 2.45) is 10.9 Å². The number of imide groups is 2. The fourth-order valence-corrected chi connectivity index (χ4v) is 2.56. The van der Waals surface area contributed by atoms with Crippen molar-refractivity contribution in [3.63, 3.8) is 0 Å². The lowest BCUT2D eigenvalue weighted by atomic mass is 10.1. The second kappa shape index (κ2) is 7.60. The van der Waals surface area contributed by atoms with Crippen LogP contribution in [0.15, 0.2) is 59.6 Å². The summed E-state index contributed by atoms with van der Waals surface area (Å²) in [5.74, 6) is -2.00. The summed E-state index contributed by atoms with van der Waals surface area (Å²) in [4.78, 5) is 42.0. The van der Waals surface area contributed by atoms with Crippen molar-refractivity contribution in [2.45, 2.75) is 6.54 Å². The van der Waals surface area contributed by atoms with Gasteiger partial charge < -0.3 is 4.74 Å². The minimum Gasteiger partial charge on any atom is -0.497 e. The molecule has 0 spiro atoms. The number of carbonyl (C=O) groups excluding carboxylic acids is 3. The maximum atomic E-state index is 12.7. The molecule has 0 aromatic heterocycles. The Kier molecular flexibility index (Phi) is 5.07. The van der Waals surface area contributed by atoms with E-state index >= 15 is 0 Å². The van der Waals surface area contributed by atoms with Crippen LogP contribution in [0, 0.1) is 5.92 Å². The van der Waals surface area contributed by atoms with Crippen molar-refractivity contribution in [1.82, 2.24) is 5.32 Å². The van der Waals surface area contributed by atoms with Crippen LogP contribution in [0.2, 0.25) is 0 Å². The molecule has 1 heterocycles. The fraction of sp³-hybridized carbons (Fsp3) is 0.158. The van der Waals surface area contributed by atoms with Gasteiger partial charge in [0.05, 0.1) is 19.3 Å². The first-order valence-corrected chi connectivity index (χ1v) is 7.97. The Morgan fingerprint density at radius 2 is 1.88 bits per heavy atom. The number of hydrogen-bond acceptors (Lipinski definition) is 5. The van der Waals surface area contributed by atoms with Gasteiger partial charge in [-0.1, -0.05) is 36.4 Å². The summed E-state index contributed by atoms with van der Waals surface area (Å²) in [6.45, 7) is 0.338. The van der Waals surface area contributed by atoms with Crippen LogP contribution in [0.4, 0.5) is 10.5 Å². The Hall–Kier alpha value is -3.48. The van der Waals surface area contributed by atoms with E-state index < -0.39 is 23.8 Å². The number of amides is 4. The molecule has 7 nitrogen and oxygen atoms in total. The average molecular weight is 351 g/mol. The van der Waals surface area contributed by atoms with E-state index in [0.717, 1.165) is 10.5 Å². The predicted octanol–water partition coefficient (Wildman–Crippen LogP) is 2.17. The molecule has 7 heteroatoms. The van der Waals surface area contributed by atoms with Crippen LogP contribution in [-0.2, 0) is 16.1 Å². The number of methoxy groups -OCH3 is 1. The van der Waals surface area contributed by atoms with Gasteiger partial charge in [-0.3, -0.25) is 19.9 Å². The van der Waals surface area contributed by atoms with Crippen molar-refractivity contribution < 1.29 is 19.1 Å². The van der Waals surface area contributed by atoms with Crippen LogP contribution >= 0.6 is 0 Å². The number of nitrogens with zero attached hydrogens (tertiary/aromatic N) is 2. The Labute approximate surface area is 150 Å². The van der Waals surface area contributed by atoms with Crippen molar-refractivity contribution in [1.29, 1.82) is 0 Å². The molecule has 132 valence electrons. The van der Waals surface area contributed by atoms with Crippen LogP contribution < -0.4 is 15.0 Å². The summed E-state index contributed by atoms with van der Waals surface area (Å²) in [7, 11) is 1.49. The molecular formula is C19H17N3O4. The monoisotopic (exact) mass is 351 g/mol. The number of hydrogen-bond donors (Lipinski definition) is 1. The number of benzene rings is 2. The lowest BCUT2D eigenvalue weighted by molar-refractivity contribution is -0.131. The van der Waals surface area contributed by atoms with E-state index in [1.807, 2.05) is 30.3 Å². The molecule has 0 unspecified atom stereocenters. The molecule has 0 saturated carbocycles. The van der Waals surface area contributed by atoms with Gasteiger partial charge in [-0.2, -0.15) is 0 Å². The normalized spacial score (nSPS) is 17.5. The highest BCUT2D eigenvalue weighted by molar-refractivity contribution is 6.32. The van der Waals surface area contributed by atoms with E-state index in [-0.39, 0.29) is 0 Å². The van der Waals surface area contributed by atoms with Gasteiger partial charge in [0.1, 0.15) is 5.75 Å². The number of urea groups is 1. The van der Waals surface area contributed by atoms with Gasteiger partial charge in [0, 0.05) is 12.3 Å². The third-order valence-corrected chi connectivity index (χ3v) is 3.88. The molecule has 4 amide bonds. The molecule has 1 aliphatic rings. The second-order valence-electron chi connectivity index (χ2n) is 5.62. The average Bonchev–Trinajstić information content (AvgIpc) is 2.65.